The fourth-order valence-corrected chi connectivity index (χ4v) is 3.03. The molecule has 1 unspecified atom stereocenters. The maximum absolute atomic E-state index is 9.06. The van der Waals surface area contributed by atoms with Gasteiger partial charge in [0.2, 0.25) is 0 Å². The Labute approximate surface area is 125 Å². The molecule has 0 bridgehead atoms. The van der Waals surface area contributed by atoms with Gasteiger partial charge in [-0.05, 0) is 37.0 Å². The first kappa shape index (κ1) is 14.1. The lowest BCUT2D eigenvalue weighted by molar-refractivity contribution is 0.0770. The zero-order chi connectivity index (χ0) is 14.8. The number of rotatable bonds is 3. The summed E-state index contributed by atoms with van der Waals surface area (Å²) in [4.78, 5) is 4.83. The minimum atomic E-state index is 0.371. The van der Waals surface area contributed by atoms with Gasteiger partial charge < -0.3 is 9.30 Å². The van der Waals surface area contributed by atoms with Crippen molar-refractivity contribution in [3.05, 3.63) is 29.6 Å². The second kappa shape index (κ2) is 5.87. The molecule has 1 aliphatic rings. The molecule has 3 rings (SSSR count). The maximum Gasteiger partial charge on any atom is 0.115 e. The van der Waals surface area contributed by atoms with Crippen LogP contribution in [0.2, 0.25) is 0 Å². The van der Waals surface area contributed by atoms with Crippen molar-refractivity contribution in [3.8, 4) is 6.07 Å². The molecular weight excluding hydrogens is 262 g/mol. The van der Waals surface area contributed by atoms with E-state index in [1.165, 1.54) is 0 Å². The Hall–Kier alpha value is -1.86. The lowest BCUT2D eigenvalue weighted by Gasteiger charge is -2.23. The highest BCUT2D eigenvalue weighted by Gasteiger charge is 2.23. The average molecular weight is 283 g/mol. The largest absolute Gasteiger partial charge is 0.381 e. The maximum atomic E-state index is 9.06. The Balaban J connectivity index is 2.09. The molecule has 0 aliphatic carbocycles. The summed E-state index contributed by atoms with van der Waals surface area (Å²) in [6, 6.07) is 7.98. The van der Waals surface area contributed by atoms with Gasteiger partial charge in [0.05, 0.1) is 29.3 Å². The van der Waals surface area contributed by atoms with Gasteiger partial charge in [-0.1, -0.05) is 13.8 Å². The number of ether oxygens (including phenoxy) is 1. The van der Waals surface area contributed by atoms with Gasteiger partial charge in [-0.15, -0.1) is 0 Å². The van der Waals surface area contributed by atoms with Crippen LogP contribution in [0.25, 0.3) is 11.0 Å². The molecule has 2 heterocycles. The Bertz CT molecular complexity index is 675. The Morgan fingerprint density at radius 2 is 2.33 bits per heavy atom. The number of hydrogen-bond acceptors (Lipinski definition) is 3. The van der Waals surface area contributed by atoms with E-state index in [1.807, 2.05) is 18.2 Å². The minimum Gasteiger partial charge on any atom is -0.381 e. The van der Waals surface area contributed by atoms with Gasteiger partial charge in [-0.2, -0.15) is 5.26 Å². The van der Waals surface area contributed by atoms with Crippen LogP contribution in [-0.2, 0) is 11.3 Å². The molecule has 4 nitrogen and oxygen atoms in total. The van der Waals surface area contributed by atoms with Crippen LogP contribution in [0.4, 0.5) is 0 Å². The third-order valence-electron chi connectivity index (χ3n) is 3.98. The van der Waals surface area contributed by atoms with Crippen molar-refractivity contribution in [1.29, 1.82) is 5.26 Å². The minimum absolute atomic E-state index is 0.371. The summed E-state index contributed by atoms with van der Waals surface area (Å²) < 4.78 is 7.95. The number of aromatic nitrogens is 2. The third kappa shape index (κ3) is 2.79. The summed E-state index contributed by atoms with van der Waals surface area (Å²) >= 11 is 0. The van der Waals surface area contributed by atoms with Crippen molar-refractivity contribution in [2.75, 3.05) is 13.2 Å². The van der Waals surface area contributed by atoms with Crippen molar-refractivity contribution < 1.29 is 4.74 Å². The van der Waals surface area contributed by atoms with Crippen molar-refractivity contribution in [2.45, 2.75) is 39.2 Å². The highest BCUT2D eigenvalue weighted by Crippen LogP contribution is 2.29. The molecule has 1 aromatic heterocycles. The topological polar surface area (TPSA) is 50.8 Å². The first-order chi connectivity index (χ1) is 10.2. The summed E-state index contributed by atoms with van der Waals surface area (Å²) in [5.41, 5.74) is 2.72. The van der Waals surface area contributed by atoms with Crippen LogP contribution in [0.5, 0.6) is 0 Å². The predicted octanol–water partition coefficient (Wildman–Crippen LogP) is 3.46. The van der Waals surface area contributed by atoms with Gasteiger partial charge in [-0.25, -0.2) is 4.98 Å². The Morgan fingerprint density at radius 3 is 3.00 bits per heavy atom. The van der Waals surface area contributed by atoms with Crippen LogP contribution in [0.1, 0.15) is 44.0 Å². The fourth-order valence-electron chi connectivity index (χ4n) is 3.03. The molecule has 0 amide bonds. The van der Waals surface area contributed by atoms with Crippen LogP contribution < -0.4 is 0 Å². The van der Waals surface area contributed by atoms with E-state index in [9.17, 15) is 0 Å². The van der Waals surface area contributed by atoms with E-state index >= 15 is 0 Å². The van der Waals surface area contributed by atoms with Crippen molar-refractivity contribution in [2.24, 2.45) is 5.92 Å². The second-order valence-corrected chi connectivity index (χ2v) is 6.20. The molecule has 110 valence electrons. The lowest BCUT2D eigenvalue weighted by Crippen LogP contribution is -2.20. The van der Waals surface area contributed by atoms with E-state index in [2.05, 4.69) is 24.5 Å². The summed E-state index contributed by atoms with van der Waals surface area (Å²) in [5.74, 6) is 2.05. The molecule has 0 N–H and O–H groups in total. The Kier molecular flexibility index (Phi) is 3.94. The van der Waals surface area contributed by atoms with Crippen LogP contribution >= 0.6 is 0 Å². The average Bonchev–Trinajstić information content (AvgIpc) is 2.85. The second-order valence-electron chi connectivity index (χ2n) is 6.20. The first-order valence-corrected chi connectivity index (χ1v) is 7.67. The van der Waals surface area contributed by atoms with Gasteiger partial charge in [0.1, 0.15) is 5.82 Å². The normalized spacial score (nSPS) is 19.0. The first-order valence-electron chi connectivity index (χ1n) is 7.67. The number of nitriles is 1. The molecule has 0 saturated carbocycles. The molecule has 2 aromatic rings. The number of fused-ring (bicyclic) bond motifs is 1. The van der Waals surface area contributed by atoms with Gasteiger partial charge in [0.15, 0.2) is 0 Å². The molecule has 1 aromatic carbocycles. The molecule has 1 fully saturated rings. The highest BCUT2D eigenvalue weighted by atomic mass is 16.5. The van der Waals surface area contributed by atoms with Gasteiger partial charge in [0, 0.05) is 19.1 Å². The smallest absolute Gasteiger partial charge is 0.115 e. The van der Waals surface area contributed by atoms with Gasteiger partial charge in [-0.3, -0.25) is 0 Å². The highest BCUT2D eigenvalue weighted by molar-refractivity contribution is 5.78. The van der Waals surface area contributed by atoms with Crippen LogP contribution in [0, 0.1) is 17.2 Å². The predicted molar refractivity (Wildman–Crippen MR) is 82.1 cm³/mol. The molecule has 1 atom stereocenters. The van der Waals surface area contributed by atoms with E-state index in [0.29, 0.717) is 17.4 Å². The number of imidazole rings is 1. The van der Waals surface area contributed by atoms with Crippen molar-refractivity contribution in [3.63, 3.8) is 0 Å². The van der Waals surface area contributed by atoms with E-state index in [4.69, 9.17) is 15.0 Å². The van der Waals surface area contributed by atoms with E-state index in [0.717, 1.165) is 49.5 Å². The zero-order valence-electron chi connectivity index (χ0n) is 12.7. The van der Waals surface area contributed by atoms with Gasteiger partial charge >= 0.3 is 0 Å². The quantitative estimate of drug-likeness (QED) is 0.866. The number of hydrogen-bond donors (Lipinski definition) is 0. The molecule has 1 aliphatic heterocycles. The lowest BCUT2D eigenvalue weighted by atomic mass is 10.0. The number of nitrogens with zero attached hydrogens (tertiary/aromatic N) is 3. The zero-order valence-corrected chi connectivity index (χ0v) is 12.7. The van der Waals surface area contributed by atoms with Crippen molar-refractivity contribution in [1.82, 2.24) is 9.55 Å². The van der Waals surface area contributed by atoms with E-state index in [-0.39, 0.29) is 0 Å². The molecular formula is C17H21N3O. The monoisotopic (exact) mass is 283 g/mol. The number of benzene rings is 1. The summed E-state index contributed by atoms with van der Waals surface area (Å²) in [7, 11) is 0. The van der Waals surface area contributed by atoms with Crippen LogP contribution in [-0.4, -0.2) is 22.8 Å². The van der Waals surface area contributed by atoms with Crippen LogP contribution in [0.15, 0.2) is 18.2 Å². The van der Waals surface area contributed by atoms with E-state index < -0.39 is 0 Å². The van der Waals surface area contributed by atoms with E-state index in [1.54, 1.807) is 0 Å². The third-order valence-corrected chi connectivity index (χ3v) is 3.98. The SMILES string of the molecule is CC(C)Cn1c(C2CCCOC2)nc2cc(C#N)ccc21. The molecule has 0 spiro atoms. The standard InChI is InChI=1S/C17H21N3O/c1-12(2)10-20-16-6-5-13(9-18)8-15(16)19-17(20)14-4-3-7-21-11-14/h5-6,8,12,14H,3-4,7,10-11H2,1-2H3. The molecule has 1 saturated heterocycles. The van der Waals surface area contributed by atoms with Gasteiger partial charge in [0.25, 0.3) is 0 Å². The summed E-state index contributed by atoms with van der Waals surface area (Å²) in [5, 5.41) is 9.06. The molecule has 0 radical (unpaired) electrons. The molecule has 4 heteroatoms. The summed E-state index contributed by atoms with van der Waals surface area (Å²) in [6.45, 7) is 7.01. The Morgan fingerprint density at radius 1 is 1.48 bits per heavy atom. The fraction of sp³-hybridized carbons (Fsp3) is 0.529. The van der Waals surface area contributed by atoms with Crippen LogP contribution in [0.3, 0.4) is 0 Å². The molecule has 21 heavy (non-hydrogen) atoms. The summed E-state index contributed by atoms with van der Waals surface area (Å²) in [6.07, 6.45) is 2.23. The van der Waals surface area contributed by atoms with Crippen molar-refractivity contribution >= 4 is 11.0 Å².